The van der Waals surface area contributed by atoms with Crippen LogP contribution in [0, 0.1) is 5.92 Å². The Morgan fingerprint density at radius 1 is 1.29 bits per heavy atom. The summed E-state index contributed by atoms with van der Waals surface area (Å²) in [5.74, 6) is 1.16. The molecule has 0 aromatic heterocycles. The van der Waals surface area contributed by atoms with Gasteiger partial charge in [0.25, 0.3) is 0 Å². The van der Waals surface area contributed by atoms with Gasteiger partial charge in [0.05, 0.1) is 0 Å². The van der Waals surface area contributed by atoms with Gasteiger partial charge >= 0.3 is 0 Å². The number of hydrogen-bond acceptors (Lipinski definition) is 3. The van der Waals surface area contributed by atoms with Crippen molar-refractivity contribution in [3.8, 4) is 0 Å². The molecule has 1 aliphatic heterocycles. The molecule has 0 spiro atoms. The van der Waals surface area contributed by atoms with Gasteiger partial charge in [0.2, 0.25) is 0 Å². The third-order valence-electron chi connectivity index (χ3n) is 3.68. The van der Waals surface area contributed by atoms with Gasteiger partial charge in [0, 0.05) is 38.5 Å². The lowest BCUT2D eigenvalue weighted by Crippen LogP contribution is -2.50. The predicted molar refractivity (Wildman–Crippen MR) is 72.2 cm³/mol. The molecule has 1 atom stereocenters. The molecule has 100 valence electrons. The summed E-state index contributed by atoms with van der Waals surface area (Å²) in [7, 11) is 4.28. The van der Waals surface area contributed by atoms with Crippen LogP contribution < -0.4 is 0 Å². The summed E-state index contributed by atoms with van der Waals surface area (Å²) < 4.78 is 0. The lowest BCUT2D eigenvalue weighted by molar-refractivity contribution is -0.120. The normalized spacial score (nSPS) is 23.2. The first kappa shape index (κ1) is 14.7. The van der Waals surface area contributed by atoms with Crippen LogP contribution in [-0.2, 0) is 4.79 Å². The Labute approximate surface area is 106 Å². The number of nitrogens with zero attached hydrogens (tertiary/aromatic N) is 2. The number of carbonyl (C=O) groups excluding carboxylic acids is 1. The van der Waals surface area contributed by atoms with Crippen LogP contribution in [0.1, 0.15) is 39.5 Å². The van der Waals surface area contributed by atoms with E-state index in [0.29, 0.717) is 17.7 Å². The Kier molecular flexibility index (Phi) is 6.14. The first-order chi connectivity index (χ1) is 7.99. The number of rotatable bonds is 6. The molecule has 17 heavy (non-hydrogen) atoms. The van der Waals surface area contributed by atoms with E-state index in [-0.39, 0.29) is 0 Å². The molecule has 0 aromatic carbocycles. The smallest absolute Gasteiger partial charge is 0.134 e. The number of Topliss-reactive ketones (excluding diaryl/α,β-unsaturated/α-hetero) is 1. The van der Waals surface area contributed by atoms with Crippen LogP contribution in [0.4, 0.5) is 0 Å². The van der Waals surface area contributed by atoms with Gasteiger partial charge in [-0.3, -0.25) is 4.79 Å². The van der Waals surface area contributed by atoms with Crippen molar-refractivity contribution in [3.63, 3.8) is 0 Å². The maximum Gasteiger partial charge on any atom is 0.134 e. The quantitative estimate of drug-likeness (QED) is 0.709. The fourth-order valence-corrected chi connectivity index (χ4v) is 2.39. The molecule has 1 unspecified atom stereocenters. The lowest BCUT2D eigenvalue weighted by atomic mass is 10.00. The van der Waals surface area contributed by atoms with Gasteiger partial charge in [-0.1, -0.05) is 20.3 Å². The minimum atomic E-state index is 0.431. The van der Waals surface area contributed by atoms with Crippen molar-refractivity contribution in [2.45, 2.75) is 45.6 Å². The summed E-state index contributed by atoms with van der Waals surface area (Å²) in [6, 6.07) is 0.431. The summed E-state index contributed by atoms with van der Waals surface area (Å²) in [6.07, 6.45) is 3.74. The van der Waals surface area contributed by atoms with Crippen LogP contribution in [0.5, 0.6) is 0 Å². The van der Waals surface area contributed by atoms with Crippen molar-refractivity contribution in [2.75, 3.05) is 33.7 Å². The van der Waals surface area contributed by atoms with Gasteiger partial charge in [-0.2, -0.15) is 0 Å². The molecule has 0 aliphatic carbocycles. The second-order valence-corrected chi connectivity index (χ2v) is 5.93. The molecule has 1 saturated heterocycles. The van der Waals surface area contributed by atoms with Crippen molar-refractivity contribution in [1.29, 1.82) is 0 Å². The van der Waals surface area contributed by atoms with Crippen LogP contribution in [0.15, 0.2) is 0 Å². The van der Waals surface area contributed by atoms with E-state index in [1.165, 1.54) is 6.42 Å². The average Bonchev–Trinajstić information content (AvgIpc) is 2.23. The highest BCUT2D eigenvalue weighted by molar-refractivity contribution is 5.79. The fraction of sp³-hybridized carbons (Fsp3) is 0.929. The van der Waals surface area contributed by atoms with Gasteiger partial charge < -0.3 is 9.80 Å². The molecule has 0 bridgehead atoms. The maximum atomic E-state index is 11.9. The van der Waals surface area contributed by atoms with Crippen molar-refractivity contribution >= 4 is 5.78 Å². The predicted octanol–water partition coefficient (Wildman–Crippen LogP) is 2.02. The summed E-state index contributed by atoms with van der Waals surface area (Å²) in [5, 5.41) is 0. The van der Waals surface area contributed by atoms with Crippen LogP contribution >= 0.6 is 0 Å². The van der Waals surface area contributed by atoms with E-state index in [4.69, 9.17) is 0 Å². The number of piperazine rings is 1. The fourth-order valence-electron chi connectivity index (χ4n) is 2.39. The van der Waals surface area contributed by atoms with Crippen LogP contribution in [-0.4, -0.2) is 55.4 Å². The number of ketones is 1. The summed E-state index contributed by atoms with van der Waals surface area (Å²) in [6.45, 7) is 7.67. The van der Waals surface area contributed by atoms with E-state index in [1.807, 2.05) is 0 Å². The standard InChI is InChI=1S/C14H28N2O/c1-12(2)6-5-7-14(17)10-13-11-15(3)8-9-16(13)4/h12-13H,5-11H2,1-4H3. The van der Waals surface area contributed by atoms with E-state index in [2.05, 4.69) is 37.7 Å². The first-order valence-electron chi connectivity index (χ1n) is 6.89. The van der Waals surface area contributed by atoms with Gasteiger partial charge in [0.15, 0.2) is 0 Å². The van der Waals surface area contributed by atoms with Gasteiger partial charge in [-0.25, -0.2) is 0 Å². The topological polar surface area (TPSA) is 23.6 Å². The molecule has 0 amide bonds. The molecular weight excluding hydrogens is 212 g/mol. The third kappa shape index (κ3) is 5.64. The molecule has 0 aromatic rings. The summed E-state index contributed by atoms with van der Waals surface area (Å²) >= 11 is 0. The molecule has 1 rings (SSSR count). The zero-order valence-corrected chi connectivity index (χ0v) is 11.9. The Morgan fingerprint density at radius 3 is 2.65 bits per heavy atom. The Bertz CT molecular complexity index is 240. The Hall–Kier alpha value is -0.410. The van der Waals surface area contributed by atoms with E-state index in [9.17, 15) is 4.79 Å². The molecule has 3 nitrogen and oxygen atoms in total. The molecule has 1 aliphatic rings. The monoisotopic (exact) mass is 240 g/mol. The molecule has 0 saturated carbocycles. The lowest BCUT2D eigenvalue weighted by Gasteiger charge is -2.37. The molecule has 1 fully saturated rings. The van der Waals surface area contributed by atoms with Gasteiger partial charge in [0.1, 0.15) is 5.78 Å². The average molecular weight is 240 g/mol. The van der Waals surface area contributed by atoms with E-state index in [0.717, 1.165) is 38.9 Å². The maximum absolute atomic E-state index is 11.9. The molecule has 0 N–H and O–H groups in total. The highest BCUT2D eigenvalue weighted by atomic mass is 16.1. The third-order valence-corrected chi connectivity index (χ3v) is 3.68. The minimum absolute atomic E-state index is 0.431. The minimum Gasteiger partial charge on any atom is -0.304 e. The summed E-state index contributed by atoms with van der Waals surface area (Å²) in [4.78, 5) is 16.6. The number of likely N-dealkylation sites (N-methyl/N-ethyl adjacent to an activating group) is 2. The summed E-state index contributed by atoms with van der Waals surface area (Å²) in [5.41, 5.74) is 0. The highest BCUT2D eigenvalue weighted by Gasteiger charge is 2.23. The molecular formula is C14H28N2O. The zero-order chi connectivity index (χ0) is 12.8. The van der Waals surface area contributed by atoms with Crippen LogP contribution in [0.25, 0.3) is 0 Å². The molecule has 3 heteroatoms. The van der Waals surface area contributed by atoms with E-state index < -0.39 is 0 Å². The zero-order valence-electron chi connectivity index (χ0n) is 11.9. The van der Waals surface area contributed by atoms with Crippen molar-refractivity contribution in [2.24, 2.45) is 5.92 Å². The number of carbonyl (C=O) groups is 1. The molecule has 1 heterocycles. The van der Waals surface area contributed by atoms with Gasteiger partial charge in [-0.15, -0.1) is 0 Å². The number of hydrogen-bond donors (Lipinski definition) is 0. The van der Waals surface area contributed by atoms with Crippen molar-refractivity contribution in [3.05, 3.63) is 0 Å². The van der Waals surface area contributed by atoms with E-state index >= 15 is 0 Å². The highest BCUT2D eigenvalue weighted by Crippen LogP contribution is 2.13. The second-order valence-electron chi connectivity index (χ2n) is 5.93. The van der Waals surface area contributed by atoms with Crippen molar-refractivity contribution in [1.82, 2.24) is 9.80 Å². The van der Waals surface area contributed by atoms with E-state index in [1.54, 1.807) is 0 Å². The first-order valence-corrected chi connectivity index (χ1v) is 6.89. The molecule has 0 radical (unpaired) electrons. The van der Waals surface area contributed by atoms with Crippen molar-refractivity contribution < 1.29 is 4.79 Å². The van der Waals surface area contributed by atoms with Crippen LogP contribution in [0.2, 0.25) is 0 Å². The van der Waals surface area contributed by atoms with Crippen LogP contribution in [0.3, 0.4) is 0 Å². The second kappa shape index (κ2) is 7.12. The van der Waals surface area contributed by atoms with Gasteiger partial charge in [-0.05, 0) is 26.4 Å². The Balaban J connectivity index is 2.24. The largest absolute Gasteiger partial charge is 0.304 e. The Morgan fingerprint density at radius 2 is 2.00 bits per heavy atom. The SMILES string of the molecule is CC(C)CCCC(=O)CC1CN(C)CCN1C.